The van der Waals surface area contributed by atoms with Gasteiger partial charge in [-0.3, -0.25) is 14.4 Å². The molecule has 1 amide bonds. The number of amides is 1. The van der Waals surface area contributed by atoms with Crippen molar-refractivity contribution in [2.75, 3.05) is 52.9 Å². The first-order valence-corrected chi connectivity index (χ1v) is 13.8. The van der Waals surface area contributed by atoms with Gasteiger partial charge in [0.25, 0.3) is 0 Å². The van der Waals surface area contributed by atoms with Crippen LogP contribution in [0.25, 0.3) is 0 Å². The SMILES string of the molecule is CCCn1ncc(CN2CCCC(COc3ccc(Cl)c(C)c3)(CC(=O)N3CCN(C)CC3)C2)c1C. The van der Waals surface area contributed by atoms with Gasteiger partial charge in [-0.15, -0.1) is 0 Å². The Morgan fingerprint density at radius 1 is 1.17 bits per heavy atom. The summed E-state index contributed by atoms with van der Waals surface area (Å²) in [7, 11) is 2.12. The number of piperazine rings is 1. The van der Waals surface area contributed by atoms with Crippen molar-refractivity contribution in [1.29, 1.82) is 0 Å². The zero-order chi connectivity index (χ0) is 25.7. The second kappa shape index (κ2) is 12.0. The first-order chi connectivity index (χ1) is 17.3. The predicted molar refractivity (Wildman–Crippen MR) is 145 cm³/mol. The molecular formula is C28H42ClN5O2. The van der Waals surface area contributed by atoms with Crippen LogP contribution in [-0.4, -0.2) is 83.3 Å². The highest BCUT2D eigenvalue weighted by Crippen LogP contribution is 2.36. The molecule has 7 nitrogen and oxygen atoms in total. The quantitative estimate of drug-likeness (QED) is 0.496. The molecule has 2 aromatic rings. The van der Waals surface area contributed by atoms with E-state index in [4.69, 9.17) is 16.3 Å². The summed E-state index contributed by atoms with van der Waals surface area (Å²) < 4.78 is 8.47. The Labute approximate surface area is 221 Å². The number of likely N-dealkylation sites (N-methyl/N-ethyl adjacent to an activating group) is 1. The van der Waals surface area contributed by atoms with Gasteiger partial charge in [-0.1, -0.05) is 18.5 Å². The van der Waals surface area contributed by atoms with E-state index in [2.05, 4.69) is 40.5 Å². The van der Waals surface area contributed by atoms with Crippen LogP contribution in [0.4, 0.5) is 0 Å². The van der Waals surface area contributed by atoms with Crippen LogP contribution < -0.4 is 4.74 Å². The van der Waals surface area contributed by atoms with Crippen molar-refractivity contribution in [2.24, 2.45) is 5.41 Å². The third kappa shape index (κ3) is 6.61. The molecule has 0 aliphatic carbocycles. The number of piperidine rings is 1. The van der Waals surface area contributed by atoms with Crippen molar-refractivity contribution in [3.05, 3.63) is 46.2 Å². The second-order valence-corrected chi connectivity index (χ2v) is 11.3. The Bertz CT molecular complexity index is 1030. The molecule has 4 rings (SSSR count). The standard InChI is InChI=1S/C28H42ClN5O2/c1-5-10-34-23(3)24(18-30-34)19-32-11-6-9-28(20-32,17-27(35)33-14-12-31(4)13-15-33)21-36-25-7-8-26(29)22(2)16-25/h7-8,16,18H,5-6,9-15,17,19-21H2,1-4H3. The molecule has 2 fully saturated rings. The normalized spacial score (nSPS) is 21.6. The van der Waals surface area contributed by atoms with Gasteiger partial charge in [-0.05, 0) is 70.5 Å². The summed E-state index contributed by atoms with van der Waals surface area (Å²) in [6.07, 6.45) is 5.66. The van der Waals surface area contributed by atoms with E-state index in [-0.39, 0.29) is 11.3 Å². The summed E-state index contributed by atoms with van der Waals surface area (Å²) in [6, 6.07) is 5.81. The summed E-state index contributed by atoms with van der Waals surface area (Å²) in [6.45, 7) is 14.0. The molecule has 0 bridgehead atoms. The van der Waals surface area contributed by atoms with Crippen molar-refractivity contribution >= 4 is 17.5 Å². The van der Waals surface area contributed by atoms with Gasteiger partial charge < -0.3 is 14.5 Å². The average molecular weight is 516 g/mol. The number of benzene rings is 1. The fourth-order valence-corrected chi connectivity index (χ4v) is 5.63. The molecular weight excluding hydrogens is 474 g/mol. The Morgan fingerprint density at radius 3 is 2.67 bits per heavy atom. The predicted octanol–water partition coefficient (Wildman–Crippen LogP) is 4.39. The minimum Gasteiger partial charge on any atom is -0.493 e. The van der Waals surface area contributed by atoms with E-state index in [1.165, 1.54) is 11.3 Å². The topological polar surface area (TPSA) is 53.8 Å². The molecule has 1 unspecified atom stereocenters. The number of nitrogens with zero attached hydrogens (tertiary/aromatic N) is 5. The van der Waals surface area contributed by atoms with Gasteiger partial charge in [-0.2, -0.15) is 5.10 Å². The summed E-state index contributed by atoms with van der Waals surface area (Å²) >= 11 is 6.23. The molecule has 0 N–H and O–H groups in total. The first-order valence-electron chi connectivity index (χ1n) is 13.4. The number of aromatic nitrogens is 2. The summed E-state index contributed by atoms with van der Waals surface area (Å²) in [5.74, 6) is 1.07. The van der Waals surface area contributed by atoms with Gasteiger partial charge >= 0.3 is 0 Å². The lowest BCUT2D eigenvalue weighted by Crippen LogP contribution is -2.52. The first kappa shape index (κ1) is 27.0. The molecule has 36 heavy (non-hydrogen) atoms. The third-order valence-electron chi connectivity index (χ3n) is 7.83. The second-order valence-electron chi connectivity index (χ2n) is 10.9. The average Bonchev–Trinajstić information content (AvgIpc) is 3.19. The highest BCUT2D eigenvalue weighted by atomic mass is 35.5. The lowest BCUT2D eigenvalue weighted by molar-refractivity contribution is -0.137. The Morgan fingerprint density at radius 2 is 1.94 bits per heavy atom. The van der Waals surface area contributed by atoms with E-state index in [1.807, 2.05) is 36.2 Å². The molecule has 2 aliphatic heterocycles. The maximum Gasteiger partial charge on any atom is 0.223 e. The minimum atomic E-state index is -0.223. The molecule has 198 valence electrons. The zero-order valence-electron chi connectivity index (χ0n) is 22.4. The highest BCUT2D eigenvalue weighted by molar-refractivity contribution is 6.31. The molecule has 2 saturated heterocycles. The summed E-state index contributed by atoms with van der Waals surface area (Å²) in [5, 5.41) is 5.34. The molecule has 1 aromatic heterocycles. The number of hydrogen-bond donors (Lipinski definition) is 0. The van der Waals surface area contributed by atoms with Crippen LogP contribution in [0, 0.1) is 19.3 Å². The van der Waals surface area contributed by atoms with E-state index >= 15 is 0 Å². The van der Waals surface area contributed by atoms with Gasteiger partial charge in [0.2, 0.25) is 5.91 Å². The largest absolute Gasteiger partial charge is 0.493 e. The van der Waals surface area contributed by atoms with Crippen molar-refractivity contribution in [2.45, 2.75) is 59.5 Å². The van der Waals surface area contributed by atoms with Crippen LogP contribution in [-0.2, 0) is 17.9 Å². The molecule has 2 aliphatic rings. The maximum absolute atomic E-state index is 13.5. The number of halogens is 1. The Hall–Kier alpha value is -2.09. The number of likely N-dealkylation sites (tertiary alicyclic amines) is 1. The zero-order valence-corrected chi connectivity index (χ0v) is 23.2. The molecule has 1 atom stereocenters. The molecule has 1 aromatic carbocycles. The van der Waals surface area contributed by atoms with Gasteiger partial charge in [-0.25, -0.2) is 0 Å². The van der Waals surface area contributed by atoms with Crippen molar-refractivity contribution in [3.8, 4) is 5.75 Å². The van der Waals surface area contributed by atoms with Crippen LogP contribution in [0.2, 0.25) is 5.02 Å². The molecule has 0 saturated carbocycles. The van der Waals surface area contributed by atoms with Gasteiger partial charge in [0.1, 0.15) is 5.75 Å². The third-order valence-corrected chi connectivity index (χ3v) is 8.26. The fourth-order valence-electron chi connectivity index (χ4n) is 5.51. The van der Waals surface area contributed by atoms with Crippen molar-refractivity contribution in [3.63, 3.8) is 0 Å². The highest BCUT2D eigenvalue weighted by Gasteiger charge is 2.40. The summed E-state index contributed by atoms with van der Waals surface area (Å²) in [4.78, 5) is 20.3. The van der Waals surface area contributed by atoms with Crippen LogP contribution in [0.1, 0.15) is 49.4 Å². The summed E-state index contributed by atoms with van der Waals surface area (Å²) in [5.41, 5.74) is 3.30. The Balaban J connectivity index is 1.49. The van der Waals surface area contributed by atoms with Gasteiger partial charge in [0.15, 0.2) is 0 Å². The number of rotatable bonds is 9. The van der Waals surface area contributed by atoms with Crippen LogP contribution in [0.3, 0.4) is 0 Å². The Kier molecular flexibility index (Phi) is 8.96. The van der Waals surface area contributed by atoms with Crippen LogP contribution >= 0.6 is 11.6 Å². The van der Waals surface area contributed by atoms with Gasteiger partial charge in [0, 0.05) is 73.9 Å². The molecule has 3 heterocycles. The number of carbonyl (C=O) groups excluding carboxylic acids is 1. The van der Waals surface area contributed by atoms with Gasteiger partial charge in [0.05, 0.1) is 12.8 Å². The van der Waals surface area contributed by atoms with E-state index in [9.17, 15) is 4.79 Å². The molecule has 0 spiro atoms. The number of ether oxygens (including phenoxy) is 1. The van der Waals surface area contributed by atoms with Crippen molar-refractivity contribution < 1.29 is 9.53 Å². The van der Waals surface area contributed by atoms with Crippen LogP contribution in [0.5, 0.6) is 5.75 Å². The smallest absolute Gasteiger partial charge is 0.223 e. The minimum absolute atomic E-state index is 0.223. The van der Waals surface area contributed by atoms with E-state index in [0.717, 1.165) is 88.0 Å². The number of hydrogen-bond acceptors (Lipinski definition) is 5. The monoisotopic (exact) mass is 515 g/mol. The van der Waals surface area contributed by atoms with Crippen LogP contribution in [0.15, 0.2) is 24.4 Å². The van der Waals surface area contributed by atoms with E-state index < -0.39 is 0 Å². The van der Waals surface area contributed by atoms with E-state index in [0.29, 0.717) is 13.0 Å². The lowest BCUT2D eigenvalue weighted by atomic mass is 9.77. The number of aryl methyl sites for hydroxylation is 2. The van der Waals surface area contributed by atoms with Crippen molar-refractivity contribution in [1.82, 2.24) is 24.5 Å². The fraction of sp³-hybridized carbons (Fsp3) is 0.643. The van der Waals surface area contributed by atoms with E-state index in [1.54, 1.807) is 0 Å². The molecule has 8 heteroatoms. The molecule has 0 radical (unpaired) electrons. The lowest BCUT2D eigenvalue weighted by Gasteiger charge is -2.43. The number of carbonyl (C=O) groups is 1. The maximum atomic E-state index is 13.5.